The Kier molecular flexibility index (Phi) is 5.49. The molecule has 0 saturated carbocycles. The standard InChI is InChI=1S/C19H23F3O3/c1-5-9-18(3,4)13-8-7-12-10-14(17(23)24-6-2)16(19(20,21)22)25-15(12)11-13/h7-8,10-11,16H,5-6,9H2,1-4H3. The van der Waals surface area contributed by atoms with Crippen LogP contribution in [0.25, 0.3) is 6.08 Å². The first-order valence-electron chi connectivity index (χ1n) is 8.36. The Balaban J connectivity index is 2.47. The second-order valence-electron chi connectivity index (χ2n) is 6.75. The van der Waals surface area contributed by atoms with Gasteiger partial charge in [-0.2, -0.15) is 13.2 Å². The largest absolute Gasteiger partial charge is 0.475 e. The lowest BCUT2D eigenvalue weighted by Gasteiger charge is -2.30. The summed E-state index contributed by atoms with van der Waals surface area (Å²) >= 11 is 0. The zero-order valence-corrected chi connectivity index (χ0v) is 14.9. The van der Waals surface area contributed by atoms with E-state index in [-0.39, 0.29) is 17.8 Å². The van der Waals surface area contributed by atoms with Gasteiger partial charge in [0.15, 0.2) is 0 Å². The minimum absolute atomic E-state index is 0.00223. The summed E-state index contributed by atoms with van der Waals surface area (Å²) in [6.07, 6.45) is -3.94. The summed E-state index contributed by atoms with van der Waals surface area (Å²) in [6.45, 7) is 7.69. The fourth-order valence-corrected chi connectivity index (χ4v) is 3.00. The summed E-state index contributed by atoms with van der Waals surface area (Å²) in [5.74, 6) is -0.872. The second-order valence-corrected chi connectivity index (χ2v) is 6.75. The number of hydrogen-bond acceptors (Lipinski definition) is 3. The molecule has 0 aromatic heterocycles. The van der Waals surface area contributed by atoms with Crippen LogP contribution in [-0.2, 0) is 14.9 Å². The van der Waals surface area contributed by atoms with Gasteiger partial charge in [0.2, 0.25) is 6.10 Å². The van der Waals surface area contributed by atoms with E-state index in [1.54, 1.807) is 19.1 Å². The van der Waals surface area contributed by atoms with Crippen LogP contribution >= 0.6 is 0 Å². The summed E-state index contributed by atoms with van der Waals surface area (Å²) in [4.78, 5) is 11.9. The number of hydrogen-bond donors (Lipinski definition) is 0. The molecule has 1 aliphatic heterocycles. The van der Waals surface area contributed by atoms with Crippen molar-refractivity contribution in [2.75, 3.05) is 6.61 Å². The van der Waals surface area contributed by atoms with Gasteiger partial charge in [-0.1, -0.05) is 39.3 Å². The maximum Gasteiger partial charge on any atom is 0.430 e. The Bertz CT molecular complexity index is 675. The molecule has 138 valence electrons. The first-order valence-corrected chi connectivity index (χ1v) is 8.36. The molecule has 1 heterocycles. The maximum atomic E-state index is 13.4. The van der Waals surface area contributed by atoms with E-state index in [2.05, 4.69) is 6.92 Å². The molecule has 0 radical (unpaired) electrons. The highest BCUT2D eigenvalue weighted by atomic mass is 19.4. The Morgan fingerprint density at radius 1 is 1.24 bits per heavy atom. The lowest BCUT2D eigenvalue weighted by atomic mass is 9.80. The van der Waals surface area contributed by atoms with E-state index in [1.807, 2.05) is 19.9 Å². The molecule has 0 saturated heterocycles. The van der Waals surface area contributed by atoms with E-state index in [9.17, 15) is 18.0 Å². The lowest BCUT2D eigenvalue weighted by molar-refractivity contribution is -0.187. The van der Waals surface area contributed by atoms with Crippen molar-refractivity contribution < 1.29 is 27.4 Å². The van der Waals surface area contributed by atoms with E-state index in [0.717, 1.165) is 18.4 Å². The quantitative estimate of drug-likeness (QED) is 0.694. The molecule has 1 aliphatic rings. The highest BCUT2D eigenvalue weighted by Gasteiger charge is 2.48. The average molecular weight is 356 g/mol. The van der Waals surface area contributed by atoms with Crippen LogP contribution in [-0.4, -0.2) is 24.9 Å². The predicted molar refractivity (Wildman–Crippen MR) is 89.5 cm³/mol. The van der Waals surface area contributed by atoms with Crippen LogP contribution in [0.5, 0.6) is 5.75 Å². The minimum Gasteiger partial charge on any atom is -0.475 e. The third kappa shape index (κ3) is 4.17. The number of fused-ring (bicyclic) bond motifs is 1. The topological polar surface area (TPSA) is 35.5 Å². The van der Waals surface area contributed by atoms with Crippen LogP contribution in [0.15, 0.2) is 23.8 Å². The van der Waals surface area contributed by atoms with Gasteiger partial charge in [0.1, 0.15) is 5.75 Å². The average Bonchev–Trinajstić information content (AvgIpc) is 2.52. The van der Waals surface area contributed by atoms with Gasteiger partial charge in [0, 0.05) is 5.56 Å². The Morgan fingerprint density at radius 2 is 1.92 bits per heavy atom. The van der Waals surface area contributed by atoms with Crippen molar-refractivity contribution in [3.63, 3.8) is 0 Å². The van der Waals surface area contributed by atoms with Gasteiger partial charge < -0.3 is 9.47 Å². The van der Waals surface area contributed by atoms with E-state index in [1.165, 1.54) is 6.08 Å². The lowest BCUT2D eigenvalue weighted by Crippen LogP contribution is -2.40. The van der Waals surface area contributed by atoms with Crippen LogP contribution in [0.2, 0.25) is 0 Å². The van der Waals surface area contributed by atoms with E-state index < -0.39 is 23.8 Å². The molecule has 0 fully saturated rings. The number of rotatable bonds is 5. The summed E-state index contributed by atoms with van der Waals surface area (Å²) in [5.41, 5.74) is 0.649. The molecule has 1 aromatic rings. The molecule has 0 amide bonds. The van der Waals surface area contributed by atoms with Crippen molar-refractivity contribution in [2.24, 2.45) is 0 Å². The van der Waals surface area contributed by atoms with Crippen molar-refractivity contribution >= 4 is 12.0 Å². The summed E-state index contributed by atoms with van der Waals surface area (Å²) in [6, 6.07) is 5.20. The monoisotopic (exact) mass is 356 g/mol. The smallest absolute Gasteiger partial charge is 0.430 e. The number of esters is 1. The molecule has 1 aromatic carbocycles. The molecular weight excluding hydrogens is 333 g/mol. The van der Waals surface area contributed by atoms with Crippen LogP contribution in [0.3, 0.4) is 0 Å². The van der Waals surface area contributed by atoms with Gasteiger partial charge in [-0.3, -0.25) is 0 Å². The van der Waals surface area contributed by atoms with Gasteiger partial charge in [0.05, 0.1) is 12.2 Å². The molecule has 0 spiro atoms. The maximum absolute atomic E-state index is 13.4. The second kappa shape index (κ2) is 7.10. The van der Waals surface area contributed by atoms with Gasteiger partial charge in [-0.15, -0.1) is 0 Å². The minimum atomic E-state index is -4.70. The number of alkyl halides is 3. The predicted octanol–water partition coefficient (Wildman–Crippen LogP) is 5.03. The fraction of sp³-hybridized carbons (Fsp3) is 0.526. The van der Waals surface area contributed by atoms with Crippen molar-refractivity contribution in [1.29, 1.82) is 0 Å². The van der Waals surface area contributed by atoms with Crippen molar-refractivity contribution in [3.8, 4) is 5.75 Å². The molecule has 0 N–H and O–H groups in total. The normalized spacial score (nSPS) is 17.4. The van der Waals surface area contributed by atoms with Crippen LogP contribution in [0.4, 0.5) is 13.2 Å². The zero-order valence-electron chi connectivity index (χ0n) is 14.9. The number of carbonyl (C=O) groups is 1. The van der Waals surface area contributed by atoms with Crippen molar-refractivity contribution in [1.82, 2.24) is 0 Å². The Labute approximate surface area is 145 Å². The molecule has 1 atom stereocenters. The third-order valence-electron chi connectivity index (χ3n) is 4.32. The van der Waals surface area contributed by atoms with E-state index in [0.29, 0.717) is 5.56 Å². The third-order valence-corrected chi connectivity index (χ3v) is 4.32. The number of benzene rings is 1. The first kappa shape index (κ1) is 19.3. The summed E-state index contributed by atoms with van der Waals surface area (Å²) in [7, 11) is 0. The number of ether oxygens (including phenoxy) is 2. The van der Waals surface area contributed by atoms with Crippen LogP contribution in [0, 0.1) is 0 Å². The van der Waals surface area contributed by atoms with E-state index >= 15 is 0 Å². The van der Waals surface area contributed by atoms with E-state index in [4.69, 9.17) is 9.47 Å². The SMILES string of the molecule is CCCC(C)(C)c1ccc2c(c1)OC(C(F)(F)F)C(C(=O)OCC)=C2. The summed E-state index contributed by atoms with van der Waals surface area (Å²) in [5, 5.41) is 0. The highest BCUT2D eigenvalue weighted by molar-refractivity contribution is 5.96. The molecule has 0 bridgehead atoms. The molecule has 1 unspecified atom stereocenters. The van der Waals surface area contributed by atoms with Crippen LogP contribution in [0.1, 0.15) is 51.7 Å². The van der Waals surface area contributed by atoms with Gasteiger partial charge in [-0.25, -0.2) is 4.79 Å². The van der Waals surface area contributed by atoms with Crippen molar-refractivity contribution in [2.45, 2.75) is 58.2 Å². The Hall–Kier alpha value is -1.98. The highest BCUT2D eigenvalue weighted by Crippen LogP contribution is 2.40. The van der Waals surface area contributed by atoms with Gasteiger partial charge in [-0.05, 0) is 36.5 Å². The molecule has 0 aliphatic carbocycles. The van der Waals surface area contributed by atoms with Gasteiger partial charge >= 0.3 is 12.1 Å². The number of carbonyl (C=O) groups excluding carboxylic acids is 1. The molecule has 6 heteroatoms. The first-order chi connectivity index (χ1) is 11.6. The molecule has 25 heavy (non-hydrogen) atoms. The van der Waals surface area contributed by atoms with Crippen LogP contribution < -0.4 is 4.74 Å². The molecule has 3 nitrogen and oxygen atoms in total. The number of halogens is 3. The fourth-order valence-electron chi connectivity index (χ4n) is 3.00. The molecule has 2 rings (SSSR count). The molecular formula is C19H23F3O3. The summed E-state index contributed by atoms with van der Waals surface area (Å²) < 4.78 is 50.0. The Morgan fingerprint density at radius 3 is 2.48 bits per heavy atom. The van der Waals surface area contributed by atoms with Gasteiger partial charge in [0.25, 0.3) is 0 Å². The zero-order chi connectivity index (χ0) is 18.8. The van der Waals surface area contributed by atoms with Crippen molar-refractivity contribution in [3.05, 3.63) is 34.9 Å².